The number of nitrogens with one attached hydrogen (secondary N) is 1. The lowest BCUT2D eigenvalue weighted by Gasteiger charge is -2.16. The Kier molecular flexibility index (Phi) is 5.87. The van der Waals surface area contributed by atoms with Gasteiger partial charge in [-0.25, -0.2) is 8.78 Å². The summed E-state index contributed by atoms with van der Waals surface area (Å²) in [7, 11) is 0. The van der Waals surface area contributed by atoms with E-state index in [9.17, 15) is 18.4 Å². The third-order valence-electron chi connectivity index (χ3n) is 3.43. The maximum atomic E-state index is 13.6. The number of hydrogen-bond acceptors (Lipinski definition) is 2. The molecule has 2 amide bonds. The minimum atomic E-state index is -0.992. The van der Waals surface area contributed by atoms with E-state index in [1.807, 2.05) is 0 Å². The largest absolute Gasteiger partial charge is 0.368 e. The topological polar surface area (TPSA) is 72.2 Å². The van der Waals surface area contributed by atoms with Crippen molar-refractivity contribution < 1.29 is 18.4 Å². The maximum Gasteiger partial charge on any atom is 0.240 e. The van der Waals surface area contributed by atoms with Gasteiger partial charge in [-0.3, -0.25) is 9.59 Å². The summed E-state index contributed by atoms with van der Waals surface area (Å²) in [5, 5.41) is 2.94. The van der Waals surface area contributed by atoms with Crippen LogP contribution in [-0.4, -0.2) is 17.9 Å². The van der Waals surface area contributed by atoms with Crippen LogP contribution in [0.5, 0.6) is 0 Å². The molecular formula is C17H15ClF2N2O2. The van der Waals surface area contributed by atoms with Gasteiger partial charge in [0.05, 0.1) is 6.42 Å². The van der Waals surface area contributed by atoms with Crippen molar-refractivity contribution in [3.05, 3.63) is 70.2 Å². The van der Waals surface area contributed by atoms with Crippen LogP contribution in [0.2, 0.25) is 5.02 Å². The van der Waals surface area contributed by atoms with Crippen molar-refractivity contribution in [1.82, 2.24) is 5.32 Å². The van der Waals surface area contributed by atoms with E-state index in [1.54, 1.807) is 24.3 Å². The highest BCUT2D eigenvalue weighted by Gasteiger charge is 2.20. The van der Waals surface area contributed by atoms with E-state index >= 15 is 0 Å². The Morgan fingerprint density at radius 1 is 1.08 bits per heavy atom. The standard InChI is InChI=1S/C17H15ClF2N2O2/c18-11-6-4-10(5-7-11)8-15(17(21)24)22-16(23)9-12-13(19)2-1-3-14(12)20/h1-7,15H,8-9H2,(H2,21,24)(H,22,23)/t15-/m1/s1. The lowest BCUT2D eigenvalue weighted by atomic mass is 10.0. The SMILES string of the molecule is NC(=O)[C@@H](Cc1ccc(Cl)cc1)NC(=O)Cc1c(F)cccc1F. The summed E-state index contributed by atoms with van der Waals surface area (Å²) >= 11 is 5.78. The van der Waals surface area contributed by atoms with Crippen LogP contribution in [-0.2, 0) is 22.4 Å². The molecule has 0 spiro atoms. The minimum absolute atomic E-state index is 0.151. The zero-order chi connectivity index (χ0) is 17.7. The molecule has 126 valence electrons. The van der Waals surface area contributed by atoms with E-state index in [2.05, 4.69) is 5.32 Å². The quantitative estimate of drug-likeness (QED) is 0.837. The van der Waals surface area contributed by atoms with Gasteiger partial charge < -0.3 is 11.1 Å². The van der Waals surface area contributed by atoms with Gasteiger partial charge in [-0.1, -0.05) is 29.8 Å². The van der Waals surface area contributed by atoms with Gasteiger partial charge in [-0.2, -0.15) is 0 Å². The average Bonchev–Trinajstić information content (AvgIpc) is 2.52. The van der Waals surface area contributed by atoms with Gasteiger partial charge in [0, 0.05) is 17.0 Å². The Bertz CT molecular complexity index is 731. The molecule has 3 N–H and O–H groups in total. The molecule has 0 radical (unpaired) electrons. The number of amides is 2. The number of benzene rings is 2. The summed E-state index contributed by atoms with van der Waals surface area (Å²) in [6.07, 6.45) is -0.374. The van der Waals surface area contributed by atoms with Crippen LogP contribution >= 0.6 is 11.6 Å². The molecular weight excluding hydrogens is 338 g/mol. The number of rotatable bonds is 6. The molecule has 0 unspecified atom stereocenters. The number of hydrogen-bond donors (Lipinski definition) is 2. The first-order valence-corrected chi connectivity index (χ1v) is 7.50. The van der Waals surface area contributed by atoms with Crippen LogP contribution in [0.1, 0.15) is 11.1 Å². The molecule has 2 rings (SSSR count). The summed E-state index contributed by atoms with van der Waals surface area (Å²) in [5.74, 6) is -3.08. The first-order chi connectivity index (χ1) is 11.4. The Hall–Kier alpha value is -2.47. The highest BCUT2D eigenvalue weighted by molar-refractivity contribution is 6.30. The van der Waals surface area contributed by atoms with E-state index in [0.29, 0.717) is 5.02 Å². The molecule has 2 aromatic carbocycles. The van der Waals surface area contributed by atoms with Crippen LogP contribution in [0.4, 0.5) is 8.78 Å². The van der Waals surface area contributed by atoms with Gasteiger partial charge in [0.15, 0.2) is 0 Å². The molecule has 1 atom stereocenters. The lowest BCUT2D eigenvalue weighted by Crippen LogP contribution is -2.46. The van der Waals surface area contributed by atoms with Crippen molar-refractivity contribution >= 4 is 23.4 Å². The van der Waals surface area contributed by atoms with Gasteiger partial charge in [0.2, 0.25) is 11.8 Å². The normalized spacial score (nSPS) is 11.8. The van der Waals surface area contributed by atoms with E-state index < -0.39 is 35.9 Å². The molecule has 0 aromatic heterocycles. The minimum Gasteiger partial charge on any atom is -0.368 e. The number of primary amides is 1. The van der Waals surface area contributed by atoms with Crippen molar-refractivity contribution in [3.63, 3.8) is 0 Å². The van der Waals surface area contributed by atoms with Crippen molar-refractivity contribution in [1.29, 1.82) is 0 Å². The average molecular weight is 353 g/mol. The maximum absolute atomic E-state index is 13.6. The van der Waals surface area contributed by atoms with Gasteiger partial charge >= 0.3 is 0 Å². The first kappa shape index (κ1) is 17.9. The summed E-state index contributed by atoms with van der Waals surface area (Å²) in [4.78, 5) is 23.5. The molecule has 7 heteroatoms. The third-order valence-corrected chi connectivity index (χ3v) is 3.68. The van der Waals surface area contributed by atoms with Crippen molar-refractivity contribution in [2.45, 2.75) is 18.9 Å². The predicted molar refractivity (Wildman–Crippen MR) is 86.3 cm³/mol. The molecule has 0 heterocycles. The predicted octanol–water partition coefficient (Wildman–Crippen LogP) is 2.37. The molecule has 0 saturated heterocycles. The second-order valence-corrected chi connectivity index (χ2v) is 5.67. The first-order valence-electron chi connectivity index (χ1n) is 7.13. The second-order valence-electron chi connectivity index (χ2n) is 5.23. The fraction of sp³-hybridized carbons (Fsp3) is 0.176. The lowest BCUT2D eigenvalue weighted by molar-refractivity contribution is -0.127. The fourth-order valence-corrected chi connectivity index (χ4v) is 2.31. The Morgan fingerprint density at radius 3 is 2.21 bits per heavy atom. The number of carbonyl (C=O) groups excluding carboxylic acids is 2. The number of halogens is 3. The molecule has 0 saturated carbocycles. The van der Waals surface area contributed by atoms with E-state index in [4.69, 9.17) is 17.3 Å². The molecule has 0 fully saturated rings. The zero-order valence-corrected chi connectivity index (χ0v) is 13.3. The molecule has 0 aliphatic heterocycles. The van der Waals surface area contributed by atoms with E-state index in [0.717, 1.165) is 17.7 Å². The smallest absolute Gasteiger partial charge is 0.240 e. The van der Waals surface area contributed by atoms with Crippen LogP contribution in [0.25, 0.3) is 0 Å². The third kappa shape index (κ3) is 4.76. The molecule has 2 aromatic rings. The molecule has 0 aliphatic rings. The number of carbonyl (C=O) groups is 2. The van der Waals surface area contributed by atoms with Gasteiger partial charge in [0.25, 0.3) is 0 Å². The summed E-state index contributed by atoms with van der Waals surface area (Å²) < 4.78 is 27.1. The second kappa shape index (κ2) is 7.88. The summed E-state index contributed by atoms with van der Waals surface area (Å²) in [5.41, 5.74) is 5.67. The van der Waals surface area contributed by atoms with Gasteiger partial charge in [0.1, 0.15) is 17.7 Å². The Morgan fingerprint density at radius 2 is 1.67 bits per heavy atom. The molecule has 4 nitrogen and oxygen atoms in total. The van der Waals surface area contributed by atoms with Crippen molar-refractivity contribution in [3.8, 4) is 0 Å². The summed E-state index contributed by atoms with van der Waals surface area (Å²) in [6.45, 7) is 0. The van der Waals surface area contributed by atoms with Gasteiger partial charge in [-0.05, 0) is 29.8 Å². The van der Waals surface area contributed by atoms with E-state index in [-0.39, 0.29) is 12.0 Å². The molecule has 0 bridgehead atoms. The van der Waals surface area contributed by atoms with E-state index in [1.165, 1.54) is 6.07 Å². The Labute approximate surface area is 142 Å². The Balaban J connectivity index is 2.06. The van der Waals surface area contributed by atoms with Crippen LogP contribution in [0, 0.1) is 11.6 Å². The highest BCUT2D eigenvalue weighted by atomic mass is 35.5. The molecule has 0 aliphatic carbocycles. The summed E-state index contributed by atoms with van der Waals surface area (Å²) in [6, 6.07) is 9.02. The van der Waals surface area contributed by atoms with Crippen LogP contribution in [0.3, 0.4) is 0 Å². The van der Waals surface area contributed by atoms with Crippen molar-refractivity contribution in [2.75, 3.05) is 0 Å². The number of nitrogens with two attached hydrogens (primary N) is 1. The zero-order valence-electron chi connectivity index (χ0n) is 12.6. The fourth-order valence-electron chi connectivity index (χ4n) is 2.19. The highest BCUT2D eigenvalue weighted by Crippen LogP contribution is 2.14. The van der Waals surface area contributed by atoms with Gasteiger partial charge in [-0.15, -0.1) is 0 Å². The van der Waals surface area contributed by atoms with Crippen LogP contribution < -0.4 is 11.1 Å². The monoisotopic (exact) mass is 352 g/mol. The van der Waals surface area contributed by atoms with Crippen molar-refractivity contribution in [2.24, 2.45) is 5.73 Å². The molecule has 24 heavy (non-hydrogen) atoms. The van der Waals surface area contributed by atoms with Crippen LogP contribution in [0.15, 0.2) is 42.5 Å².